The fraction of sp³-hybridized carbons (Fsp3) is 0.0476. The molecule has 0 saturated carbocycles. The Kier molecular flexibility index (Phi) is 6.59. The summed E-state index contributed by atoms with van der Waals surface area (Å²) in [7, 11) is 3.60. The van der Waals surface area contributed by atoms with Gasteiger partial charge in [-0.15, -0.1) is 0 Å². The minimum Gasteiger partial charge on any atom is -0.455 e. The van der Waals surface area contributed by atoms with E-state index in [0.29, 0.717) is 17.5 Å². The highest BCUT2D eigenvalue weighted by Gasteiger charge is 2.16. The SMILES string of the molecule is Cn1c(=O)n(C)c2cc(-c3ccc(-c4nc(-c5ccccc5)nc(-c5cccc(-c6cccc7c6oc6ccccc67)c5)n4)cc3)ccc21. The molecule has 0 bridgehead atoms. The van der Waals surface area contributed by atoms with Crippen LogP contribution >= 0.6 is 0 Å². The number of hydrogen-bond donors (Lipinski definition) is 0. The number of aryl methyl sites for hydroxylation is 2. The van der Waals surface area contributed by atoms with Crippen molar-refractivity contribution in [3.8, 4) is 56.4 Å². The van der Waals surface area contributed by atoms with Gasteiger partial charge in [0.25, 0.3) is 0 Å². The first-order chi connectivity index (χ1) is 24.0. The van der Waals surface area contributed by atoms with Crippen LogP contribution in [0, 0.1) is 0 Å². The van der Waals surface area contributed by atoms with E-state index in [2.05, 4.69) is 54.6 Å². The van der Waals surface area contributed by atoms with Gasteiger partial charge in [-0.1, -0.05) is 115 Å². The number of benzene rings is 6. The van der Waals surface area contributed by atoms with Gasteiger partial charge in [0.2, 0.25) is 0 Å². The van der Waals surface area contributed by atoms with Crippen LogP contribution in [0.1, 0.15) is 0 Å². The van der Waals surface area contributed by atoms with Gasteiger partial charge < -0.3 is 4.42 Å². The number of para-hydroxylation sites is 2. The highest BCUT2D eigenvalue weighted by molar-refractivity contribution is 6.09. The number of imidazole rings is 1. The van der Waals surface area contributed by atoms with Crippen LogP contribution < -0.4 is 5.69 Å². The molecule has 7 heteroatoms. The summed E-state index contributed by atoms with van der Waals surface area (Å²) in [6, 6.07) is 47.0. The molecule has 0 aliphatic carbocycles. The molecule has 49 heavy (non-hydrogen) atoms. The molecule has 234 valence electrons. The highest BCUT2D eigenvalue weighted by atomic mass is 16.3. The van der Waals surface area contributed by atoms with Gasteiger partial charge in [0.15, 0.2) is 17.5 Å². The van der Waals surface area contributed by atoms with Crippen LogP contribution in [0.4, 0.5) is 0 Å². The molecule has 7 nitrogen and oxygen atoms in total. The molecule has 3 aromatic heterocycles. The Hall–Kier alpha value is -6.60. The number of nitrogens with zero attached hydrogens (tertiary/aromatic N) is 5. The Bertz CT molecular complexity index is 2760. The monoisotopic (exact) mass is 635 g/mol. The summed E-state index contributed by atoms with van der Waals surface area (Å²) >= 11 is 0. The molecule has 0 aliphatic rings. The van der Waals surface area contributed by atoms with Crippen LogP contribution in [0.2, 0.25) is 0 Å². The first kappa shape index (κ1) is 28.6. The number of hydrogen-bond acceptors (Lipinski definition) is 5. The van der Waals surface area contributed by atoms with E-state index in [1.165, 1.54) is 0 Å². The fourth-order valence-corrected chi connectivity index (χ4v) is 6.65. The van der Waals surface area contributed by atoms with E-state index in [4.69, 9.17) is 19.4 Å². The van der Waals surface area contributed by atoms with E-state index in [0.717, 1.165) is 71.9 Å². The van der Waals surface area contributed by atoms with Gasteiger partial charge in [-0.2, -0.15) is 0 Å². The summed E-state index contributed by atoms with van der Waals surface area (Å²) in [6.45, 7) is 0. The Morgan fingerprint density at radius 2 is 1.04 bits per heavy atom. The second kappa shape index (κ2) is 11.3. The number of rotatable bonds is 5. The highest BCUT2D eigenvalue weighted by Crippen LogP contribution is 2.37. The van der Waals surface area contributed by atoms with Crippen LogP contribution in [-0.2, 0) is 14.1 Å². The maximum atomic E-state index is 12.5. The standard InChI is InChI=1S/C42H29N5O2/c1-46-35-23-22-29(25-36(35)47(2)42(46)48)26-18-20-28(21-19-26)40-43-39(27-10-4-3-5-11-27)44-41(45-40)31-13-8-12-30(24-31)32-15-9-16-34-33-14-6-7-17-37(33)49-38(32)34/h3-25H,1-2H3. The van der Waals surface area contributed by atoms with Crippen molar-refractivity contribution in [3.05, 3.63) is 150 Å². The largest absolute Gasteiger partial charge is 0.455 e. The van der Waals surface area contributed by atoms with E-state index in [1.807, 2.05) is 84.9 Å². The third-order valence-corrected chi connectivity index (χ3v) is 9.25. The minimum atomic E-state index is -0.0422. The summed E-state index contributed by atoms with van der Waals surface area (Å²) in [5.74, 6) is 1.77. The van der Waals surface area contributed by atoms with Crippen LogP contribution in [0.3, 0.4) is 0 Å². The normalized spacial score (nSPS) is 11.6. The lowest BCUT2D eigenvalue weighted by Crippen LogP contribution is -2.19. The zero-order valence-electron chi connectivity index (χ0n) is 26.8. The molecule has 0 spiro atoms. The molecule has 0 unspecified atom stereocenters. The van der Waals surface area contributed by atoms with E-state index in [1.54, 1.807) is 23.2 Å². The van der Waals surface area contributed by atoms with Crippen LogP contribution in [-0.4, -0.2) is 24.1 Å². The Morgan fingerprint density at radius 3 is 1.84 bits per heavy atom. The van der Waals surface area contributed by atoms with E-state index in [-0.39, 0.29) is 5.69 Å². The summed E-state index contributed by atoms with van der Waals surface area (Å²) in [5.41, 5.74) is 10.2. The zero-order chi connectivity index (χ0) is 33.1. The molecule has 0 radical (unpaired) electrons. The topological polar surface area (TPSA) is 78.7 Å². The molecule has 0 saturated heterocycles. The van der Waals surface area contributed by atoms with Gasteiger partial charge in [0.05, 0.1) is 11.0 Å². The molecule has 3 heterocycles. The first-order valence-corrected chi connectivity index (χ1v) is 16.1. The summed E-state index contributed by atoms with van der Waals surface area (Å²) in [6.07, 6.45) is 0. The average molecular weight is 636 g/mol. The molecular formula is C42H29N5O2. The Morgan fingerprint density at radius 1 is 0.469 bits per heavy atom. The minimum absolute atomic E-state index is 0.0422. The van der Waals surface area contributed by atoms with Crippen molar-refractivity contribution in [3.63, 3.8) is 0 Å². The molecule has 0 amide bonds. The molecule has 6 aromatic carbocycles. The van der Waals surface area contributed by atoms with Crippen molar-refractivity contribution in [2.75, 3.05) is 0 Å². The van der Waals surface area contributed by atoms with Crippen molar-refractivity contribution in [2.24, 2.45) is 14.1 Å². The van der Waals surface area contributed by atoms with Gasteiger partial charge in [-0.3, -0.25) is 9.13 Å². The molecule has 0 atom stereocenters. The van der Waals surface area contributed by atoms with Crippen molar-refractivity contribution in [1.82, 2.24) is 24.1 Å². The maximum Gasteiger partial charge on any atom is 0.328 e. The van der Waals surface area contributed by atoms with Crippen LogP contribution in [0.5, 0.6) is 0 Å². The van der Waals surface area contributed by atoms with Crippen LogP contribution in [0.15, 0.2) is 149 Å². The van der Waals surface area contributed by atoms with Gasteiger partial charge >= 0.3 is 5.69 Å². The summed E-state index contributed by atoms with van der Waals surface area (Å²) < 4.78 is 9.70. The van der Waals surface area contributed by atoms with Crippen molar-refractivity contribution >= 4 is 33.0 Å². The van der Waals surface area contributed by atoms with Gasteiger partial charge in [0, 0.05) is 47.1 Å². The lowest BCUT2D eigenvalue weighted by Gasteiger charge is -2.10. The van der Waals surface area contributed by atoms with E-state index in [9.17, 15) is 4.79 Å². The first-order valence-electron chi connectivity index (χ1n) is 16.1. The van der Waals surface area contributed by atoms with Crippen molar-refractivity contribution in [1.29, 1.82) is 0 Å². The Labute approximate surface area is 281 Å². The van der Waals surface area contributed by atoms with Crippen molar-refractivity contribution in [2.45, 2.75) is 0 Å². The summed E-state index contributed by atoms with van der Waals surface area (Å²) in [4.78, 5) is 27.4. The van der Waals surface area contributed by atoms with Crippen molar-refractivity contribution < 1.29 is 4.42 Å². The fourth-order valence-electron chi connectivity index (χ4n) is 6.65. The van der Waals surface area contributed by atoms with E-state index >= 15 is 0 Å². The molecule has 9 aromatic rings. The lowest BCUT2D eigenvalue weighted by atomic mass is 10.00. The molecular weight excluding hydrogens is 606 g/mol. The van der Waals surface area contributed by atoms with Gasteiger partial charge in [-0.25, -0.2) is 19.7 Å². The quantitative estimate of drug-likeness (QED) is 0.188. The Balaban J connectivity index is 1.14. The second-order valence-electron chi connectivity index (χ2n) is 12.2. The van der Waals surface area contributed by atoms with Gasteiger partial charge in [0.1, 0.15) is 11.2 Å². The number of furan rings is 1. The zero-order valence-corrected chi connectivity index (χ0v) is 26.8. The summed E-state index contributed by atoms with van der Waals surface area (Å²) in [5, 5.41) is 2.19. The number of fused-ring (bicyclic) bond motifs is 4. The average Bonchev–Trinajstić information content (AvgIpc) is 3.65. The number of aromatic nitrogens is 5. The third kappa shape index (κ3) is 4.83. The predicted octanol–water partition coefficient (Wildman–Crippen LogP) is 9.30. The molecule has 0 aliphatic heterocycles. The van der Waals surface area contributed by atoms with E-state index < -0.39 is 0 Å². The predicted molar refractivity (Wildman–Crippen MR) is 196 cm³/mol. The molecule has 0 fully saturated rings. The third-order valence-electron chi connectivity index (χ3n) is 9.25. The maximum absolute atomic E-state index is 12.5. The van der Waals surface area contributed by atoms with Crippen LogP contribution in [0.25, 0.3) is 89.4 Å². The molecule has 9 rings (SSSR count). The molecule has 0 N–H and O–H groups in total. The lowest BCUT2D eigenvalue weighted by molar-refractivity contribution is 0.670. The van der Waals surface area contributed by atoms with Gasteiger partial charge in [-0.05, 0) is 41.0 Å². The smallest absolute Gasteiger partial charge is 0.328 e. The second-order valence-corrected chi connectivity index (χ2v) is 12.2.